The molecule has 122 valence electrons. The summed E-state index contributed by atoms with van der Waals surface area (Å²) < 4.78 is 0. The number of aliphatic hydroxyl groups is 1. The van der Waals surface area contributed by atoms with Gasteiger partial charge in [-0.05, 0) is 42.9 Å². The summed E-state index contributed by atoms with van der Waals surface area (Å²) in [4.78, 5) is 0. The van der Waals surface area contributed by atoms with Crippen LogP contribution in [0.3, 0.4) is 0 Å². The minimum absolute atomic E-state index is 0.105. The molecule has 2 aliphatic rings. The number of rotatable bonds is 4. The molecule has 2 saturated carbocycles. The lowest BCUT2D eigenvalue weighted by atomic mass is 9.70. The molecule has 0 aliphatic heterocycles. The first-order valence-electron chi connectivity index (χ1n) is 8.75. The van der Waals surface area contributed by atoms with Crippen molar-refractivity contribution < 1.29 is 5.11 Å². The second-order valence-corrected chi connectivity index (χ2v) is 8.06. The molecule has 1 N–H and O–H groups in total. The van der Waals surface area contributed by atoms with Crippen LogP contribution in [0.1, 0.15) is 69.8 Å². The van der Waals surface area contributed by atoms with Gasteiger partial charge in [-0.3, -0.25) is 0 Å². The van der Waals surface area contributed by atoms with E-state index in [2.05, 4.69) is 6.07 Å². The molecule has 0 saturated heterocycles. The summed E-state index contributed by atoms with van der Waals surface area (Å²) in [6.45, 7) is 0. The third-order valence-electron chi connectivity index (χ3n) is 5.91. The maximum Gasteiger partial charge on any atom is 0.0639 e. The Hall–Kier alpha value is -0.240. The molecule has 2 aliphatic carbocycles. The normalized spacial score (nSPS) is 23.6. The SMILES string of the molecule is OC(CC1CCCCC1)C1(c2ccc(Cl)c(Cl)c2)CCCC1. The highest BCUT2D eigenvalue weighted by atomic mass is 35.5. The van der Waals surface area contributed by atoms with Gasteiger partial charge in [0, 0.05) is 5.41 Å². The first kappa shape index (κ1) is 16.6. The molecule has 3 heteroatoms. The third kappa shape index (κ3) is 3.32. The van der Waals surface area contributed by atoms with E-state index in [1.165, 1.54) is 50.5 Å². The number of halogens is 2. The summed E-state index contributed by atoms with van der Waals surface area (Å²) in [6, 6.07) is 5.94. The molecule has 1 atom stereocenters. The van der Waals surface area contributed by atoms with Gasteiger partial charge in [0.05, 0.1) is 16.1 Å². The molecule has 1 aromatic rings. The van der Waals surface area contributed by atoms with Crippen LogP contribution in [-0.4, -0.2) is 11.2 Å². The van der Waals surface area contributed by atoms with Crippen molar-refractivity contribution in [2.45, 2.75) is 75.7 Å². The van der Waals surface area contributed by atoms with E-state index < -0.39 is 0 Å². The highest BCUT2D eigenvalue weighted by Crippen LogP contribution is 2.47. The van der Waals surface area contributed by atoms with E-state index in [-0.39, 0.29) is 11.5 Å². The Morgan fingerprint density at radius 3 is 2.32 bits per heavy atom. The number of benzene rings is 1. The molecular formula is C19H26Cl2O. The predicted octanol–water partition coefficient (Wildman–Crippen LogP) is 6.14. The average Bonchev–Trinajstić information content (AvgIpc) is 3.02. The number of aliphatic hydroxyl groups excluding tert-OH is 1. The summed E-state index contributed by atoms with van der Waals surface area (Å²) in [5.74, 6) is 0.698. The smallest absolute Gasteiger partial charge is 0.0639 e. The lowest BCUT2D eigenvalue weighted by Gasteiger charge is -2.37. The van der Waals surface area contributed by atoms with E-state index >= 15 is 0 Å². The lowest BCUT2D eigenvalue weighted by Crippen LogP contribution is -2.38. The van der Waals surface area contributed by atoms with Crippen molar-refractivity contribution in [2.24, 2.45) is 5.92 Å². The van der Waals surface area contributed by atoms with Crippen LogP contribution in [0.4, 0.5) is 0 Å². The van der Waals surface area contributed by atoms with Gasteiger partial charge in [0.1, 0.15) is 0 Å². The largest absolute Gasteiger partial charge is 0.392 e. The average molecular weight is 341 g/mol. The molecule has 1 nitrogen and oxygen atoms in total. The Balaban J connectivity index is 1.82. The summed E-state index contributed by atoms with van der Waals surface area (Å²) in [5, 5.41) is 12.3. The van der Waals surface area contributed by atoms with Gasteiger partial charge in [-0.15, -0.1) is 0 Å². The fourth-order valence-corrected chi connectivity index (χ4v) is 4.89. The maximum absolute atomic E-state index is 11.1. The molecular weight excluding hydrogens is 315 g/mol. The van der Waals surface area contributed by atoms with E-state index in [0.717, 1.165) is 19.3 Å². The quantitative estimate of drug-likeness (QED) is 0.698. The van der Waals surface area contributed by atoms with Crippen molar-refractivity contribution >= 4 is 23.2 Å². The topological polar surface area (TPSA) is 20.2 Å². The van der Waals surface area contributed by atoms with Gasteiger partial charge in [-0.1, -0.05) is 74.2 Å². The van der Waals surface area contributed by atoms with Crippen LogP contribution in [0, 0.1) is 5.92 Å². The first-order valence-corrected chi connectivity index (χ1v) is 9.51. The highest BCUT2D eigenvalue weighted by molar-refractivity contribution is 6.42. The molecule has 1 unspecified atom stereocenters. The van der Waals surface area contributed by atoms with Gasteiger partial charge >= 0.3 is 0 Å². The zero-order chi connectivity index (χ0) is 15.6. The van der Waals surface area contributed by atoms with Crippen molar-refractivity contribution in [3.05, 3.63) is 33.8 Å². The molecule has 0 spiro atoms. The van der Waals surface area contributed by atoms with E-state index in [0.29, 0.717) is 16.0 Å². The molecule has 0 amide bonds. The van der Waals surface area contributed by atoms with Crippen molar-refractivity contribution in [1.82, 2.24) is 0 Å². The van der Waals surface area contributed by atoms with E-state index in [9.17, 15) is 5.11 Å². The first-order chi connectivity index (χ1) is 10.6. The van der Waals surface area contributed by atoms with E-state index in [1.54, 1.807) is 0 Å². The van der Waals surface area contributed by atoms with Gasteiger partial charge in [-0.25, -0.2) is 0 Å². The molecule has 3 rings (SSSR count). The van der Waals surface area contributed by atoms with Crippen molar-refractivity contribution in [1.29, 1.82) is 0 Å². The predicted molar refractivity (Wildman–Crippen MR) is 93.8 cm³/mol. The molecule has 0 radical (unpaired) electrons. The Labute approximate surface area is 144 Å². The summed E-state index contributed by atoms with van der Waals surface area (Å²) in [7, 11) is 0. The molecule has 0 aromatic heterocycles. The van der Waals surface area contributed by atoms with Crippen LogP contribution in [0.25, 0.3) is 0 Å². The van der Waals surface area contributed by atoms with Crippen LogP contribution in [0.5, 0.6) is 0 Å². The maximum atomic E-state index is 11.1. The summed E-state index contributed by atoms with van der Waals surface area (Å²) in [6.07, 6.45) is 11.8. The van der Waals surface area contributed by atoms with Gasteiger partial charge < -0.3 is 5.11 Å². The molecule has 22 heavy (non-hydrogen) atoms. The monoisotopic (exact) mass is 340 g/mol. The fraction of sp³-hybridized carbons (Fsp3) is 0.684. The van der Waals surface area contributed by atoms with Crippen LogP contribution in [-0.2, 0) is 5.41 Å². The summed E-state index contributed by atoms with van der Waals surface area (Å²) in [5.41, 5.74) is 1.08. The molecule has 0 heterocycles. The zero-order valence-electron chi connectivity index (χ0n) is 13.2. The van der Waals surface area contributed by atoms with Crippen LogP contribution in [0.2, 0.25) is 10.0 Å². The molecule has 2 fully saturated rings. The third-order valence-corrected chi connectivity index (χ3v) is 6.65. The van der Waals surface area contributed by atoms with Gasteiger partial charge in [-0.2, -0.15) is 0 Å². The Bertz CT molecular complexity index is 502. The minimum atomic E-state index is -0.254. The van der Waals surface area contributed by atoms with E-state index in [1.807, 2.05) is 12.1 Å². The van der Waals surface area contributed by atoms with Gasteiger partial charge in [0.15, 0.2) is 0 Å². The van der Waals surface area contributed by atoms with E-state index in [4.69, 9.17) is 23.2 Å². The van der Waals surface area contributed by atoms with Gasteiger partial charge in [0.2, 0.25) is 0 Å². The van der Waals surface area contributed by atoms with Crippen LogP contribution < -0.4 is 0 Å². The highest BCUT2D eigenvalue weighted by Gasteiger charge is 2.43. The summed E-state index contributed by atoms with van der Waals surface area (Å²) >= 11 is 12.3. The van der Waals surface area contributed by atoms with Crippen LogP contribution >= 0.6 is 23.2 Å². The minimum Gasteiger partial charge on any atom is -0.392 e. The van der Waals surface area contributed by atoms with Crippen LogP contribution in [0.15, 0.2) is 18.2 Å². The van der Waals surface area contributed by atoms with Crippen molar-refractivity contribution in [2.75, 3.05) is 0 Å². The fourth-order valence-electron chi connectivity index (χ4n) is 4.59. The Morgan fingerprint density at radius 2 is 1.68 bits per heavy atom. The van der Waals surface area contributed by atoms with Gasteiger partial charge in [0.25, 0.3) is 0 Å². The Morgan fingerprint density at radius 1 is 1.00 bits per heavy atom. The van der Waals surface area contributed by atoms with Crippen molar-refractivity contribution in [3.63, 3.8) is 0 Å². The second-order valence-electron chi connectivity index (χ2n) is 7.25. The number of hydrogen-bond acceptors (Lipinski definition) is 1. The second kappa shape index (κ2) is 7.11. The molecule has 1 aromatic carbocycles. The standard InChI is InChI=1S/C19H26Cl2O/c20-16-9-8-15(13-17(16)21)19(10-4-5-11-19)18(22)12-14-6-2-1-3-7-14/h8-9,13-14,18,22H,1-7,10-12H2. The number of hydrogen-bond donors (Lipinski definition) is 1. The van der Waals surface area contributed by atoms with Crippen molar-refractivity contribution in [3.8, 4) is 0 Å². The lowest BCUT2D eigenvalue weighted by molar-refractivity contribution is 0.0527. The molecule has 0 bridgehead atoms. The zero-order valence-corrected chi connectivity index (χ0v) is 14.7. The Kier molecular flexibility index (Phi) is 5.37.